The van der Waals surface area contributed by atoms with Crippen molar-refractivity contribution in [3.63, 3.8) is 0 Å². The van der Waals surface area contributed by atoms with Crippen LogP contribution in [0.5, 0.6) is 0 Å². The van der Waals surface area contributed by atoms with Crippen LogP contribution in [0.1, 0.15) is 63.1 Å². The minimum atomic E-state index is 0.602. The molecule has 2 aromatic carbocycles. The van der Waals surface area contributed by atoms with Crippen molar-refractivity contribution in [2.45, 2.75) is 59.8 Å². The zero-order valence-electron chi connectivity index (χ0n) is 13.7. The van der Waals surface area contributed by atoms with E-state index in [2.05, 4.69) is 65.0 Å². The molecule has 0 aromatic heterocycles. The summed E-state index contributed by atoms with van der Waals surface area (Å²) in [6.45, 7) is 11.4. The molecule has 0 spiro atoms. The van der Waals surface area contributed by atoms with Gasteiger partial charge in [-0.3, -0.25) is 0 Å². The van der Waals surface area contributed by atoms with Crippen LogP contribution in [0.25, 0.3) is 10.8 Å². The molecule has 108 valence electrons. The number of fused-ring (bicyclic) bond motifs is 1. The molecule has 0 radical (unpaired) electrons. The fraction of sp³-hybridized carbons (Fsp3) is 0.500. The van der Waals surface area contributed by atoms with E-state index < -0.39 is 0 Å². The van der Waals surface area contributed by atoms with Crippen molar-refractivity contribution in [2.24, 2.45) is 5.92 Å². The molecule has 0 unspecified atom stereocenters. The van der Waals surface area contributed by atoms with Crippen LogP contribution in [0.15, 0.2) is 30.3 Å². The second-order valence-corrected chi connectivity index (χ2v) is 6.78. The van der Waals surface area contributed by atoms with E-state index in [1.807, 2.05) is 0 Å². The monoisotopic (exact) mass is 268 g/mol. The highest BCUT2D eigenvalue weighted by Crippen LogP contribution is 2.27. The molecule has 0 amide bonds. The van der Waals surface area contributed by atoms with Crippen molar-refractivity contribution >= 4 is 10.8 Å². The summed E-state index contributed by atoms with van der Waals surface area (Å²) < 4.78 is 0. The van der Waals surface area contributed by atoms with Crippen LogP contribution in [-0.2, 0) is 6.42 Å². The van der Waals surface area contributed by atoms with Crippen LogP contribution >= 0.6 is 0 Å². The Labute approximate surface area is 124 Å². The predicted molar refractivity (Wildman–Crippen MR) is 90.6 cm³/mol. The second-order valence-electron chi connectivity index (χ2n) is 6.78. The van der Waals surface area contributed by atoms with Crippen molar-refractivity contribution < 1.29 is 0 Å². The summed E-state index contributed by atoms with van der Waals surface area (Å²) in [5, 5.41) is 2.86. The summed E-state index contributed by atoms with van der Waals surface area (Å²) in [6, 6.07) is 11.6. The zero-order valence-corrected chi connectivity index (χ0v) is 13.7. The van der Waals surface area contributed by atoms with E-state index in [4.69, 9.17) is 0 Å². The highest BCUT2D eigenvalue weighted by molar-refractivity contribution is 5.87. The van der Waals surface area contributed by atoms with E-state index in [1.54, 1.807) is 5.56 Å². The summed E-state index contributed by atoms with van der Waals surface area (Å²) >= 11 is 0. The summed E-state index contributed by atoms with van der Waals surface area (Å²) in [6.07, 6.45) is 3.83. The fourth-order valence-corrected chi connectivity index (χ4v) is 2.90. The molecule has 0 atom stereocenters. The fourth-order valence-electron chi connectivity index (χ4n) is 2.90. The van der Waals surface area contributed by atoms with Gasteiger partial charge in [-0.1, -0.05) is 64.4 Å². The van der Waals surface area contributed by atoms with E-state index in [9.17, 15) is 0 Å². The van der Waals surface area contributed by atoms with Gasteiger partial charge < -0.3 is 0 Å². The lowest BCUT2D eigenvalue weighted by atomic mass is 9.92. The number of rotatable bonds is 5. The van der Waals surface area contributed by atoms with Gasteiger partial charge in [-0.25, -0.2) is 0 Å². The normalized spacial score (nSPS) is 11.8. The quantitative estimate of drug-likeness (QED) is 0.601. The smallest absolute Gasteiger partial charge is 0.0149 e. The topological polar surface area (TPSA) is 0 Å². The van der Waals surface area contributed by atoms with E-state index in [1.165, 1.54) is 41.2 Å². The first-order valence-corrected chi connectivity index (χ1v) is 8.01. The maximum Gasteiger partial charge on any atom is -0.0149 e. The standard InChI is InChI=1S/C20H28/c1-14(2)7-6-8-19-16(5)9-10-18-13-17(15(3)4)11-12-20(18)19/h9-15H,6-8H2,1-5H3. The highest BCUT2D eigenvalue weighted by Gasteiger charge is 2.07. The summed E-state index contributed by atoms with van der Waals surface area (Å²) in [4.78, 5) is 0. The predicted octanol–water partition coefficient (Wildman–Crippen LogP) is 6.25. The van der Waals surface area contributed by atoms with Crippen molar-refractivity contribution in [1.29, 1.82) is 0 Å². The molecule has 0 saturated heterocycles. The first-order valence-electron chi connectivity index (χ1n) is 8.01. The molecule has 2 aromatic rings. The molecule has 0 saturated carbocycles. The van der Waals surface area contributed by atoms with Gasteiger partial charge in [0.25, 0.3) is 0 Å². The average Bonchev–Trinajstić information content (AvgIpc) is 2.40. The Morgan fingerprint density at radius 2 is 1.70 bits per heavy atom. The third-order valence-electron chi connectivity index (χ3n) is 4.26. The Hall–Kier alpha value is -1.30. The maximum absolute atomic E-state index is 2.37. The van der Waals surface area contributed by atoms with Crippen LogP contribution in [0.2, 0.25) is 0 Å². The van der Waals surface area contributed by atoms with E-state index in [-0.39, 0.29) is 0 Å². The summed E-state index contributed by atoms with van der Waals surface area (Å²) in [7, 11) is 0. The Kier molecular flexibility index (Phi) is 4.86. The molecule has 0 aliphatic heterocycles. The lowest BCUT2D eigenvalue weighted by Crippen LogP contribution is -1.96. The average molecular weight is 268 g/mol. The zero-order chi connectivity index (χ0) is 14.7. The molecular weight excluding hydrogens is 240 g/mol. The Balaban J connectivity index is 2.35. The third-order valence-corrected chi connectivity index (χ3v) is 4.26. The van der Waals surface area contributed by atoms with Crippen LogP contribution < -0.4 is 0 Å². The van der Waals surface area contributed by atoms with Gasteiger partial charge >= 0.3 is 0 Å². The van der Waals surface area contributed by atoms with Gasteiger partial charge in [-0.05, 0) is 59.1 Å². The van der Waals surface area contributed by atoms with Gasteiger partial charge in [0.05, 0.1) is 0 Å². The molecule has 0 N–H and O–H groups in total. The van der Waals surface area contributed by atoms with Crippen LogP contribution in [0.4, 0.5) is 0 Å². The second kappa shape index (κ2) is 6.43. The summed E-state index contributed by atoms with van der Waals surface area (Å²) in [5.74, 6) is 1.41. The van der Waals surface area contributed by atoms with Crippen molar-refractivity contribution in [3.8, 4) is 0 Å². The number of aryl methyl sites for hydroxylation is 2. The first kappa shape index (κ1) is 15.1. The molecule has 0 heterocycles. The van der Waals surface area contributed by atoms with Gasteiger partial charge in [0.15, 0.2) is 0 Å². The maximum atomic E-state index is 2.37. The van der Waals surface area contributed by atoms with Crippen LogP contribution in [0.3, 0.4) is 0 Å². The van der Waals surface area contributed by atoms with Crippen molar-refractivity contribution in [3.05, 3.63) is 47.0 Å². The van der Waals surface area contributed by atoms with Gasteiger partial charge in [0.2, 0.25) is 0 Å². The van der Waals surface area contributed by atoms with Gasteiger partial charge in [-0.15, -0.1) is 0 Å². The SMILES string of the molecule is Cc1ccc2cc(C(C)C)ccc2c1CCCC(C)C. The number of benzene rings is 2. The van der Waals surface area contributed by atoms with E-state index in [0.717, 1.165) is 5.92 Å². The Morgan fingerprint density at radius 3 is 2.35 bits per heavy atom. The number of hydrogen-bond donors (Lipinski definition) is 0. The molecular formula is C20H28. The highest BCUT2D eigenvalue weighted by atomic mass is 14.1. The molecule has 2 rings (SSSR count). The Morgan fingerprint density at radius 1 is 0.950 bits per heavy atom. The molecule has 20 heavy (non-hydrogen) atoms. The van der Waals surface area contributed by atoms with E-state index in [0.29, 0.717) is 5.92 Å². The third kappa shape index (κ3) is 3.42. The molecule has 0 fully saturated rings. The molecule has 0 heteroatoms. The summed E-state index contributed by atoms with van der Waals surface area (Å²) in [5.41, 5.74) is 4.44. The Bertz CT molecular complexity index is 576. The molecule has 0 bridgehead atoms. The van der Waals surface area contributed by atoms with Crippen molar-refractivity contribution in [2.75, 3.05) is 0 Å². The lowest BCUT2D eigenvalue weighted by Gasteiger charge is -2.13. The minimum absolute atomic E-state index is 0.602. The van der Waals surface area contributed by atoms with Gasteiger partial charge in [0, 0.05) is 0 Å². The largest absolute Gasteiger partial charge is 0.0628 e. The molecule has 0 aliphatic carbocycles. The van der Waals surface area contributed by atoms with E-state index >= 15 is 0 Å². The van der Waals surface area contributed by atoms with Gasteiger partial charge in [-0.2, -0.15) is 0 Å². The lowest BCUT2D eigenvalue weighted by molar-refractivity contribution is 0.556. The first-order chi connectivity index (χ1) is 9.49. The van der Waals surface area contributed by atoms with Crippen LogP contribution in [0, 0.1) is 12.8 Å². The minimum Gasteiger partial charge on any atom is -0.0628 e. The van der Waals surface area contributed by atoms with Gasteiger partial charge in [0.1, 0.15) is 0 Å². The molecule has 0 aliphatic rings. The van der Waals surface area contributed by atoms with Crippen LogP contribution in [-0.4, -0.2) is 0 Å². The number of hydrogen-bond acceptors (Lipinski definition) is 0. The molecule has 0 nitrogen and oxygen atoms in total. The van der Waals surface area contributed by atoms with Crippen molar-refractivity contribution in [1.82, 2.24) is 0 Å².